The molecule has 0 saturated heterocycles. The lowest BCUT2D eigenvalue weighted by molar-refractivity contribution is 0.298. The molecule has 0 fully saturated rings. The second kappa shape index (κ2) is 9.32. The van der Waals surface area contributed by atoms with Crippen molar-refractivity contribution in [2.24, 2.45) is 4.99 Å². The normalized spacial score (nSPS) is 13.1. The van der Waals surface area contributed by atoms with Crippen LogP contribution in [0.4, 0.5) is 0 Å². The van der Waals surface area contributed by atoms with Gasteiger partial charge in [0.2, 0.25) is 0 Å². The summed E-state index contributed by atoms with van der Waals surface area (Å²) in [5, 5.41) is 15.2. The number of nitrogens with one attached hydrogen (secondary N) is 2. The summed E-state index contributed by atoms with van der Waals surface area (Å²) in [6.45, 7) is 3.47. The molecule has 3 aromatic rings. The number of fused-ring (bicyclic) bond motifs is 1. The van der Waals surface area contributed by atoms with Crippen molar-refractivity contribution in [3.63, 3.8) is 0 Å². The Morgan fingerprint density at radius 3 is 2.57 bits per heavy atom. The monoisotopic (exact) mass is 379 g/mol. The van der Waals surface area contributed by atoms with Crippen LogP contribution in [0, 0.1) is 0 Å². The molecular weight excluding hydrogens is 350 g/mol. The number of nitrogens with zero attached hydrogens (tertiary/aromatic N) is 5. The molecule has 7 heteroatoms. The fourth-order valence-corrected chi connectivity index (χ4v) is 3.16. The maximum atomic E-state index is 4.34. The third-order valence-corrected chi connectivity index (χ3v) is 4.88. The first kappa shape index (κ1) is 19.8. The summed E-state index contributed by atoms with van der Waals surface area (Å²) in [6, 6.07) is 14.9. The van der Waals surface area contributed by atoms with Gasteiger partial charge in [0.05, 0.1) is 12.6 Å². The molecule has 7 nitrogen and oxygen atoms in total. The van der Waals surface area contributed by atoms with E-state index in [0.29, 0.717) is 6.54 Å². The van der Waals surface area contributed by atoms with Gasteiger partial charge in [-0.25, -0.2) is 0 Å². The first-order valence-corrected chi connectivity index (χ1v) is 9.60. The molecule has 0 aliphatic heterocycles. The molecule has 0 amide bonds. The largest absolute Gasteiger partial charge is 0.354 e. The average Bonchev–Trinajstić information content (AvgIpc) is 3.14. The van der Waals surface area contributed by atoms with Crippen LogP contribution in [0.15, 0.2) is 53.7 Å². The molecule has 0 bridgehead atoms. The second-order valence-corrected chi connectivity index (χ2v) is 6.93. The van der Waals surface area contributed by atoms with Crippen LogP contribution in [0.3, 0.4) is 0 Å². The van der Waals surface area contributed by atoms with Crippen LogP contribution in [0.2, 0.25) is 0 Å². The smallest absolute Gasteiger partial charge is 0.191 e. The Kier molecular flexibility index (Phi) is 6.60. The Labute approximate surface area is 166 Å². The van der Waals surface area contributed by atoms with Crippen LogP contribution in [0.1, 0.15) is 29.9 Å². The summed E-state index contributed by atoms with van der Waals surface area (Å²) < 4.78 is 1.97. The number of likely N-dealkylation sites (N-methyl/N-ethyl adjacent to an activating group) is 1. The Bertz CT molecular complexity index is 912. The minimum absolute atomic E-state index is 0.248. The molecule has 1 unspecified atom stereocenters. The van der Waals surface area contributed by atoms with Crippen LogP contribution in [0.5, 0.6) is 0 Å². The molecule has 3 rings (SSSR count). The predicted molar refractivity (Wildman–Crippen MR) is 113 cm³/mol. The molecule has 0 saturated carbocycles. The maximum absolute atomic E-state index is 4.34. The molecule has 2 aromatic heterocycles. The summed E-state index contributed by atoms with van der Waals surface area (Å²) in [7, 11) is 5.97. The van der Waals surface area contributed by atoms with Crippen molar-refractivity contribution in [2.45, 2.75) is 25.9 Å². The first-order valence-electron chi connectivity index (χ1n) is 9.60. The van der Waals surface area contributed by atoms with Gasteiger partial charge in [-0.2, -0.15) is 0 Å². The van der Waals surface area contributed by atoms with E-state index in [2.05, 4.69) is 76.0 Å². The van der Waals surface area contributed by atoms with Crippen molar-refractivity contribution >= 4 is 11.6 Å². The molecule has 0 aliphatic carbocycles. The van der Waals surface area contributed by atoms with Crippen molar-refractivity contribution in [3.05, 3.63) is 65.6 Å². The average molecular weight is 380 g/mol. The van der Waals surface area contributed by atoms with Crippen molar-refractivity contribution < 1.29 is 0 Å². The highest BCUT2D eigenvalue weighted by Crippen LogP contribution is 2.18. The van der Waals surface area contributed by atoms with Crippen molar-refractivity contribution in [3.8, 4) is 0 Å². The zero-order valence-electron chi connectivity index (χ0n) is 17.1. The number of rotatable bonds is 7. The number of pyridine rings is 1. The summed E-state index contributed by atoms with van der Waals surface area (Å²) in [5.74, 6) is 1.59. The number of aromatic nitrogens is 3. The van der Waals surface area contributed by atoms with E-state index >= 15 is 0 Å². The van der Waals surface area contributed by atoms with Gasteiger partial charge in [-0.3, -0.25) is 9.39 Å². The van der Waals surface area contributed by atoms with E-state index in [1.165, 1.54) is 11.1 Å². The van der Waals surface area contributed by atoms with Gasteiger partial charge >= 0.3 is 0 Å². The van der Waals surface area contributed by atoms with Gasteiger partial charge < -0.3 is 15.5 Å². The van der Waals surface area contributed by atoms with Crippen molar-refractivity contribution in [1.82, 2.24) is 30.1 Å². The van der Waals surface area contributed by atoms with E-state index in [1.807, 2.05) is 28.8 Å². The lowest BCUT2D eigenvalue weighted by Crippen LogP contribution is -2.41. The van der Waals surface area contributed by atoms with E-state index in [0.717, 1.165) is 30.4 Å². The van der Waals surface area contributed by atoms with Gasteiger partial charge in [0.25, 0.3) is 0 Å². The summed E-state index contributed by atoms with van der Waals surface area (Å²) in [5.41, 5.74) is 3.48. The molecule has 2 heterocycles. The van der Waals surface area contributed by atoms with Gasteiger partial charge in [-0.1, -0.05) is 37.3 Å². The third-order valence-electron chi connectivity index (χ3n) is 4.88. The number of benzene rings is 1. The number of guanidine groups is 1. The van der Waals surface area contributed by atoms with Gasteiger partial charge in [0.15, 0.2) is 17.4 Å². The molecule has 1 atom stereocenters. The highest BCUT2D eigenvalue weighted by Gasteiger charge is 2.15. The minimum atomic E-state index is 0.248. The Balaban J connectivity index is 1.61. The lowest BCUT2D eigenvalue weighted by Gasteiger charge is -2.26. The van der Waals surface area contributed by atoms with E-state index in [9.17, 15) is 0 Å². The Morgan fingerprint density at radius 2 is 1.89 bits per heavy atom. The fraction of sp³-hybridized carbons (Fsp3) is 0.381. The standard InChI is InChI=1S/C21H29N7/c1-5-16-9-11-17(12-10-16)18(27(3)4)14-23-21(22-2)24-15-20-26-25-19-8-6-7-13-28(19)20/h6-13,18H,5,14-15H2,1-4H3,(H2,22,23,24). The van der Waals surface area contributed by atoms with Crippen LogP contribution in [-0.4, -0.2) is 53.1 Å². The van der Waals surface area contributed by atoms with E-state index in [4.69, 9.17) is 0 Å². The second-order valence-electron chi connectivity index (χ2n) is 6.93. The first-order chi connectivity index (χ1) is 13.6. The van der Waals surface area contributed by atoms with E-state index in [-0.39, 0.29) is 6.04 Å². The van der Waals surface area contributed by atoms with Crippen LogP contribution in [0.25, 0.3) is 5.65 Å². The molecular formula is C21H29N7. The zero-order chi connectivity index (χ0) is 19.9. The van der Waals surface area contributed by atoms with Crippen LogP contribution >= 0.6 is 0 Å². The summed E-state index contributed by atoms with van der Waals surface area (Å²) in [4.78, 5) is 6.55. The fourth-order valence-electron chi connectivity index (χ4n) is 3.16. The van der Waals surface area contributed by atoms with Gasteiger partial charge in [0.1, 0.15) is 0 Å². The van der Waals surface area contributed by atoms with Crippen molar-refractivity contribution in [2.75, 3.05) is 27.7 Å². The third kappa shape index (κ3) is 4.67. The van der Waals surface area contributed by atoms with Crippen molar-refractivity contribution in [1.29, 1.82) is 0 Å². The van der Waals surface area contributed by atoms with Gasteiger partial charge in [-0.15, -0.1) is 10.2 Å². The number of aliphatic imine (C=N–C) groups is 1. The Morgan fingerprint density at radius 1 is 1.11 bits per heavy atom. The molecule has 0 aliphatic rings. The van der Waals surface area contributed by atoms with Crippen LogP contribution in [-0.2, 0) is 13.0 Å². The number of aryl methyl sites for hydroxylation is 1. The lowest BCUT2D eigenvalue weighted by atomic mass is 10.0. The topological polar surface area (TPSA) is 69.8 Å². The zero-order valence-corrected chi connectivity index (χ0v) is 17.1. The minimum Gasteiger partial charge on any atom is -0.354 e. The highest BCUT2D eigenvalue weighted by molar-refractivity contribution is 5.79. The summed E-state index contributed by atoms with van der Waals surface area (Å²) in [6.07, 6.45) is 3.02. The molecule has 0 spiro atoms. The Hall–Kier alpha value is -2.93. The predicted octanol–water partition coefficient (Wildman–Crippen LogP) is 2.26. The summed E-state index contributed by atoms with van der Waals surface area (Å²) >= 11 is 0. The number of hydrogen-bond acceptors (Lipinski definition) is 4. The molecule has 1 aromatic carbocycles. The number of hydrogen-bond donors (Lipinski definition) is 2. The van der Waals surface area contributed by atoms with Crippen LogP contribution < -0.4 is 10.6 Å². The van der Waals surface area contributed by atoms with Gasteiger partial charge in [0, 0.05) is 19.8 Å². The molecule has 0 radical (unpaired) electrons. The maximum Gasteiger partial charge on any atom is 0.191 e. The quantitative estimate of drug-likeness (QED) is 0.487. The van der Waals surface area contributed by atoms with E-state index in [1.54, 1.807) is 7.05 Å². The molecule has 28 heavy (non-hydrogen) atoms. The van der Waals surface area contributed by atoms with E-state index < -0.39 is 0 Å². The van der Waals surface area contributed by atoms with Gasteiger partial charge in [-0.05, 0) is 43.8 Å². The molecule has 148 valence electrons. The highest BCUT2D eigenvalue weighted by atomic mass is 15.3. The SMILES string of the molecule is CCc1ccc(C(CNC(=NC)NCc2nnc3ccccn23)N(C)C)cc1. The molecule has 2 N–H and O–H groups in total.